The molecule has 0 atom stereocenters. The van der Waals surface area contributed by atoms with Crippen LogP contribution in [-0.2, 0) is 14.3 Å². The number of nitrogens with one attached hydrogen (secondary N) is 1. The lowest BCUT2D eigenvalue weighted by Crippen LogP contribution is -2.47. The molecular weight excluding hydrogens is 302 g/mol. The first-order chi connectivity index (χ1) is 10.6. The Morgan fingerprint density at radius 1 is 0.833 bits per heavy atom. The Morgan fingerprint density at radius 2 is 1.29 bits per heavy atom. The van der Waals surface area contributed by atoms with Crippen LogP contribution in [0.2, 0.25) is 0 Å². The van der Waals surface area contributed by atoms with Gasteiger partial charge in [-0.05, 0) is 67.2 Å². The van der Waals surface area contributed by atoms with E-state index in [1.54, 1.807) is 0 Å². The monoisotopic (exact) mass is 341 g/mol. The van der Waals surface area contributed by atoms with E-state index >= 15 is 0 Å². The van der Waals surface area contributed by atoms with Crippen LogP contribution in [0.3, 0.4) is 0 Å². The van der Waals surface area contributed by atoms with Crippen molar-refractivity contribution in [3.63, 3.8) is 0 Å². The van der Waals surface area contributed by atoms with Gasteiger partial charge in [0.1, 0.15) is 5.60 Å². The van der Waals surface area contributed by atoms with Gasteiger partial charge in [0.2, 0.25) is 5.91 Å². The van der Waals surface area contributed by atoms with Crippen LogP contribution in [0.25, 0.3) is 0 Å². The third-order valence-corrected chi connectivity index (χ3v) is 4.88. The standard InChI is InChI=1S/C20H39NO3/c1-11-20(10,12-2)16(23)24-19(8,9)14-13-18(6,7)15(22)21-17(3,4)5/h11-14H2,1-10H3,(H,21,22). The van der Waals surface area contributed by atoms with E-state index in [0.717, 1.165) is 12.8 Å². The van der Waals surface area contributed by atoms with Crippen molar-refractivity contribution in [2.45, 2.75) is 106 Å². The molecule has 0 spiro atoms. The van der Waals surface area contributed by atoms with Crippen molar-refractivity contribution in [3.05, 3.63) is 0 Å². The Balaban J connectivity index is 4.82. The van der Waals surface area contributed by atoms with Gasteiger partial charge in [-0.25, -0.2) is 0 Å². The van der Waals surface area contributed by atoms with Gasteiger partial charge in [-0.2, -0.15) is 0 Å². The normalized spacial score (nSPS) is 13.6. The zero-order valence-electron chi connectivity index (χ0n) is 17.6. The molecule has 142 valence electrons. The Kier molecular flexibility index (Phi) is 7.53. The fraction of sp³-hybridized carbons (Fsp3) is 0.900. The molecule has 1 N–H and O–H groups in total. The molecule has 1 amide bonds. The minimum absolute atomic E-state index is 0.0316. The van der Waals surface area contributed by atoms with Gasteiger partial charge in [0, 0.05) is 11.0 Å². The third-order valence-electron chi connectivity index (χ3n) is 4.88. The van der Waals surface area contributed by atoms with Crippen LogP contribution in [0.4, 0.5) is 0 Å². The number of carbonyl (C=O) groups is 2. The van der Waals surface area contributed by atoms with E-state index in [1.165, 1.54) is 0 Å². The molecule has 0 heterocycles. The highest BCUT2D eigenvalue weighted by molar-refractivity contribution is 5.82. The summed E-state index contributed by atoms with van der Waals surface area (Å²) in [4.78, 5) is 24.9. The first kappa shape index (κ1) is 22.9. The van der Waals surface area contributed by atoms with Gasteiger partial charge in [0.05, 0.1) is 5.41 Å². The summed E-state index contributed by atoms with van der Waals surface area (Å²) < 4.78 is 5.79. The third kappa shape index (κ3) is 7.23. The maximum absolute atomic E-state index is 12.5. The van der Waals surface area contributed by atoms with Gasteiger partial charge in [0.15, 0.2) is 0 Å². The number of hydrogen-bond donors (Lipinski definition) is 1. The molecular formula is C20H39NO3. The second-order valence-corrected chi connectivity index (χ2v) is 9.50. The molecule has 4 heteroatoms. The van der Waals surface area contributed by atoms with E-state index < -0.39 is 16.4 Å². The summed E-state index contributed by atoms with van der Waals surface area (Å²) >= 11 is 0. The smallest absolute Gasteiger partial charge is 0.312 e. The summed E-state index contributed by atoms with van der Waals surface area (Å²) in [6.45, 7) is 19.6. The van der Waals surface area contributed by atoms with Gasteiger partial charge in [-0.3, -0.25) is 9.59 Å². The first-order valence-corrected chi connectivity index (χ1v) is 9.14. The second kappa shape index (κ2) is 7.88. The quantitative estimate of drug-likeness (QED) is 0.642. The minimum Gasteiger partial charge on any atom is -0.459 e. The fourth-order valence-electron chi connectivity index (χ4n) is 2.20. The Bertz CT molecular complexity index is 440. The lowest BCUT2D eigenvalue weighted by Gasteiger charge is -2.35. The van der Waals surface area contributed by atoms with E-state index in [-0.39, 0.29) is 17.4 Å². The van der Waals surface area contributed by atoms with E-state index in [1.807, 2.05) is 69.2 Å². The molecule has 0 fully saturated rings. The van der Waals surface area contributed by atoms with Crippen LogP contribution < -0.4 is 5.32 Å². The molecule has 0 aliphatic heterocycles. The van der Waals surface area contributed by atoms with Crippen LogP contribution in [-0.4, -0.2) is 23.0 Å². The highest BCUT2D eigenvalue weighted by Crippen LogP contribution is 2.33. The maximum Gasteiger partial charge on any atom is 0.312 e. The van der Waals surface area contributed by atoms with E-state index in [4.69, 9.17) is 4.74 Å². The topological polar surface area (TPSA) is 55.4 Å². The summed E-state index contributed by atoms with van der Waals surface area (Å²) in [6, 6.07) is 0. The molecule has 0 aromatic rings. The van der Waals surface area contributed by atoms with Crippen molar-refractivity contribution < 1.29 is 14.3 Å². The zero-order valence-corrected chi connectivity index (χ0v) is 17.6. The van der Waals surface area contributed by atoms with Crippen LogP contribution in [0.1, 0.15) is 94.9 Å². The first-order valence-electron chi connectivity index (χ1n) is 9.14. The Labute approximate surface area is 149 Å². The largest absolute Gasteiger partial charge is 0.459 e. The summed E-state index contributed by atoms with van der Waals surface area (Å²) in [7, 11) is 0. The highest BCUT2D eigenvalue weighted by Gasteiger charge is 2.37. The molecule has 0 bridgehead atoms. The molecule has 0 radical (unpaired) electrons. The molecule has 0 aliphatic carbocycles. The van der Waals surface area contributed by atoms with Gasteiger partial charge >= 0.3 is 5.97 Å². The average Bonchev–Trinajstić information content (AvgIpc) is 2.42. The van der Waals surface area contributed by atoms with Crippen molar-refractivity contribution >= 4 is 11.9 Å². The van der Waals surface area contributed by atoms with E-state index in [0.29, 0.717) is 12.8 Å². The van der Waals surface area contributed by atoms with Crippen molar-refractivity contribution in [2.75, 3.05) is 0 Å². The Morgan fingerprint density at radius 3 is 1.67 bits per heavy atom. The summed E-state index contributed by atoms with van der Waals surface area (Å²) in [5.74, 6) is -0.112. The highest BCUT2D eigenvalue weighted by atomic mass is 16.6. The zero-order chi connectivity index (χ0) is 19.4. The lowest BCUT2D eigenvalue weighted by molar-refractivity contribution is -0.170. The van der Waals surface area contributed by atoms with Crippen LogP contribution in [0.5, 0.6) is 0 Å². The summed E-state index contributed by atoms with van der Waals surface area (Å²) in [5.41, 5.74) is -1.77. The molecule has 0 rings (SSSR count). The molecule has 4 nitrogen and oxygen atoms in total. The second-order valence-electron chi connectivity index (χ2n) is 9.50. The van der Waals surface area contributed by atoms with Gasteiger partial charge < -0.3 is 10.1 Å². The van der Waals surface area contributed by atoms with Gasteiger partial charge in [0.25, 0.3) is 0 Å². The Hall–Kier alpha value is -1.06. The SMILES string of the molecule is CCC(C)(CC)C(=O)OC(C)(C)CCC(C)(C)C(=O)NC(C)(C)C. The van der Waals surface area contributed by atoms with Crippen LogP contribution >= 0.6 is 0 Å². The van der Waals surface area contributed by atoms with Crippen molar-refractivity contribution in [1.82, 2.24) is 5.32 Å². The molecule has 24 heavy (non-hydrogen) atoms. The number of rotatable bonds is 8. The van der Waals surface area contributed by atoms with Gasteiger partial charge in [-0.15, -0.1) is 0 Å². The van der Waals surface area contributed by atoms with Crippen LogP contribution in [0, 0.1) is 10.8 Å². The predicted molar refractivity (Wildman–Crippen MR) is 99.8 cm³/mol. The number of carbonyl (C=O) groups excluding carboxylic acids is 2. The molecule has 0 aromatic heterocycles. The molecule has 0 aliphatic rings. The van der Waals surface area contributed by atoms with Crippen molar-refractivity contribution in [3.8, 4) is 0 Å². The van der Waals surface area contributed by atoms with E-state index in [2.05, 4.69) is 5.32 Å². The van der Waals surface area contributed by atoms with Crippen molar-refractivity contribution in [1.29, 1.82) is 0 Å². The predicted octanol–water partition coefficient (Wildman–Crippen LogP) is 4.86. The number of amides is 1. The fourth-order valence-corrected chi connectivity index (χ4v) is 2.20. The molecule has 0 saturated carbocycles. The molecule has 0 saturated heterocycles. The minimum atomic E-state index is -0.581. The lowest BCUT2D eigenvalue weighted by atomic mass is 9.82. The van der Waals surface area contributed by atoms with Crippen LogP contribution in [0.15, 0.2) is 0 Å². The summed E-state index contributed by atoms with van der Waals surface area (Å²) in [6.07, 6.45) is 2.83. The van der Waals surface area contributed by atoms with E-state index in [9.17, 15) is 9.59 Å². The average molecular weight is 342 g/mol. The molecule has 0 aromatic carbocycles. The van der Waals surface area contributed by atoms with Crippen molar-refractivity contribution in [2.24, 2.45) is 10.8 Å². The molecule has 0 unspecified atom stereocenters. The number of esters is 1. The number of ether oxygens (including phenoxy) is 1. The number of hydrogen-bond acceptors (Lipinski definition) is 3. The van der Waals surface area contributed by atoms with Gasteiger partial charge in [-0.1, -0.05) is 27.7 Å². The summed E-state index contributed by atoms with van der Waals surface area (Å²) in [5, 5.41) is 3.03. The maximum atomic E-state index is 12.5.